The van der Waals surface area contributed by atoms with Crippen LogP contribution < -0.4 is 10.2 Å². The maximum Gasteiger partial charge on any atom is 0.255 e. The average molecular weight is 308 g/mol. The average Bonchev–Trinajstić information content (AvgIpc) is 3.01. The second kappa shape index (κ2) is 6.65. The minimum atomic E-state index is -0.141. The van der Waals surface area contributed by atoms with E-state index in [0.717, 1.165) is 25.1 Å². The van der Waals surface area contributed by atoms with Crippen LogP contribution in [0.15, 0.2) is 48.5 Å². The second-order valence-electron chi connectivity index (χ2n) is 5.70. The maximum absolute atomic E-state index is 12.3. The molecule has 3 rings (SSSR count). The minimum absolute atomic E-state index is 0.141. The van der Waals surface area contributed by atoms with Crippen molar-refractivity contribution in [1.82, 2.24) is 0 Å². The van der Waals surface area contributed by atoms with Crippen molar-refractivity contribution < 1.29 is 9.59 Å². The molecule has 0 radical (unpaired) electrons. The van der Waals surface area contributed by atoms with Gasteiger partial charge in [0.05, 0.1) is 0 Å². The lowest BCUT2D eigenvalue weighted by Crippen LogP contribution is -2.23. The number of anilines is 2. The van der Waals surface area contributed by atoms with E-state index in [0.29, 0.717) is 17.7 Å². The molecule has 0 saturated carbocycles. The zero-order valence-corrected chi connectivity index (χ0v) is 13.2. The Kier molecular flexibility index (Phi) is 4.42. The monoisotopic (exact) mass is 308 g/mol. The van der Waals surface area contributed by atoms with Crippen molar-refractivity contribution in [3.8, 4) is 0 Å². The Morgan fingerprint density at radius 3 is 2.61 bits per heavy atom. The summed E-state index contributed by atoms with van der Waals surface area (Å²) < 4.78 is 0. The Bertz CT molecular complexity index is 722. The highest BCUT2D eigenvalue weighted by Gasteiger charge is 2.21. The molecule has 4 heteroatoms. The molecule has 23 heavy (non-hydrogen) atoms. The smallest absolute Gasteiger partial charge is 0.255 e. The third kappa shape index (κ3) is 3.42. The molecule has 118 valence electrons. The van der Waals surface area contributed by atoms with Crippen LogP contribution in [-0.4, -0.2) is 18.4 Å². The SMILES string of the molecule is CCc1ccc(C(=O)Nc2cccc(N3CCCC3=O)c2)cc1. The number of hydrogen-bond acceptors (Lipinski definition) is 2. The van der Waals surface area contributed by atoms with E-state index < -0.39 is 0 Å². The van der Waals surface area contributed by atoms with E-state index in [-0.39, 0.29) is 11.8 Å². The third-order valence-corrected chi connectivity index (χ3v) is 4.11. The van der Waals surface area contributed by atoms with Crippen molar-refractivity contribution in [2.45, 2.75) is 26.2 Å². The topological polar surface area (TPSA) is 49.4 Å². The number of benzene rings is 2. The van der Waals surface area contributed by atoms with E-state index >= 15 is 0 Å². The van der Waals surface area contributed by atoms with Gasteiger partial charge in [0.15, 0.2) is 0 Å². The van der Waals surface area contributed by atoms with Crippen LogP contribution >= 0.6 is 0 Å². The predicted octanol–water partition coefficient (Wildman–Crippen LogP) is 3.63. The summed E-state index contributed by atoms with van der Waals surface area (Å²) in [6, 6.07) is 15.0. The Morgan fingerprint density at radius 2 is 1.96 bits per heavy atom. The number of amides is 2. The summed E-state index contributed by atoms with van der Waals surface area (Å²) >= 11 is 0. The minimum Gasteiger partial charge on any atom is -0.322 e. The Hall–Kier alpha value is -2.62. The van der Waals surface area contributed by atoms with Gasteiger partial charge in [0.2, 0.25) is 5.91 Å². The molecule has 2 aromatic carbocycles. The van der Waals surface area contributed by atoms with Crippen LogP contribution in [0.4, 0.5) is 11.4 Å². The first-order valence-corrected chi connectivity index (χ1v) is 7.98. The van der Waals surface area contributed by atoms with Gasteiger partial charge in [0.25, 0.3) is 5.91 Å². The summed E-state index contributed by atoms with van der Waals surface area (Å²) in [5.41, 5.74) is 3.37. The van der Waals surface area contributed by atoms with Crippen LogP contribution in [0.2, 0.25) is 0 Å². The molecule has 0 aliphatic carbocycles. The molecular weight excluding hydrogens is 288 g/mol. The molecule has 1 aliphatic heterocycles. The summed E-state index contributed by atoms with van der Waals surface area (Å²) in [6.07, 6.45) is 2.44. The van der Waals surface area contributed by atoms with Gasteiger partial charge in [-0.1, -0.05) is 25.1 Å². The summed E-state index contributed by atoms with van der Waals surface area (Å²) in [5.74, 6) is 0.00109. The van der Waals surface area contributed by atoms with Crippen molar-refractivity contribution in [1.29, 1.82) is 0 Å². The van der Waals surface area contributed by atoms with E-state index in [4.69, 9.17) is 0 Å². The largest absolute Gasteiger partial charge is 0.322 e. The Labute approximate surface area is 136 Å². The van der Waals surface area contributed by atoms with Crippen LogP contribution in [-0.2, 0) is 11.2 Å². The molecule has 0 aromatic heterocycles. The van der Waals surface area contributed by atoms with Gasteiger partial charge in [0.1, 0.15) is 0 Å². The van der Waals surface area contributed by atoms with Crippen LogP contribution in [0.25, 0.3) is 0 Å². The quantitative estimate of drug-likeness (QED) is 0.937. The van der Waals surface area contributed by atoms with E-state index in [9.17, 15) is 9.59 Å². The fraction of sp³-hybridized carbons (Fsp3) is 0.263. The lowest BCUT2D eigenvalue weighted by molar-refractivity contribution is -0.117. The fourth-order valence-electron chi connectivity index (χ4n) is 2.77. The van der Waals surface area contributed by atoms with Crippen molar-refractivity contribution in [2.75, 3.05) is 16.8 Å². The van der Waals surface area contributed by atoms with Gasteiger partial charge in [-0.2, -0.15) is 0 Å². The molecule has 0 atom stereocenters. The number of carbonyl (C=O) groups excluding carboxylic acids is 2. The normalized spacial score (nSPS) is 14.1. The van der Waals surface area contributed by atoms with E-state index in [2.05, 4.69) is 12.2 Å². The van der Waals surface area contributed by atoms with E-state index in [1.54, 1.807) is 4.90 Å². The molecule has 0 spiro atoms. The van der Waals surface area contributed by atoms with Crippen LogP contribution in [0.3, 0.4) is 0 Å². The molecule has 1 saturated heterocycles. The van der Waals surface area contributed by atoms with Crippen molar-refractivity contribution >= 4 is 23.2 Å². The molecule has 1 aliphatic rings. The van der Waals surface area contributed by atoms with E-state index in [1.807, 2.05) is 48.5 Å². The molecule has 0 bridgehead atoms. The van der Waals surface area contributed by atoms with Crippen molar-refractivity contribution in [3.05, 3.63) is 59.7 Å². The third-order valence-electron chi connectivity index (χ3n) is 4.11. The maximum atomic E-state index is 12.3. The lowest BCUT2D eigenvalue weighted by atomic mass is 10.1. The summed E-state index contributed by atoms with van der Waals surface area (Å²) in [4.78, 5) is 25.9. The number of carbonyl (C=O) groups is 2. The highest BCUT2D eigenvalue weighted by Crippen LogP contribution is 2.24. The number of hydrogen-bond donors (Lipinski definition) is 1. The van der Waals surface area contributed by atoms with Gasteiger partial charge in [-0.15, -0.1) is 0 Å². The molecule has 1 N–H and O–H groups in total. The highest BCUT2D eigenvalue weighted by molar-refractivity contribution is 6.05. The van der Waals surface area contributed by atoms with Crippen LogP contribution in [0.5, 0.6) is 0 Å². The van der Waals surface area contributed by atoms with Gasteiger partial charge in [-0.05, 0) is 48.7 Å². The van der Waals surface area contributed by atoms with Gasteiger partial charge < -0.3 is 10.2 Å². The molecule has 4 nitrogen and oxygen atoms in total. The summed E-state index contributed by atoms with van der Waals surface area (Å²) in [7, 11) is 0. The first-order valence-electron chi connectivity index (χ1n) is 7.98. The first kappa shape index (κ1) is 15.3. The molecule has 2 aromatic rings. The zero-order valence-electron chi connectivity index (χ0n) is 13.2. The fourth-order valence-corrected chi connectivity index (χ4v) is 2.77. The molecular formula is C19H20N2O2. The van der Waals surface area contributed by atoms with E-state index in [1.165, 1.54) is 5.56 Å². The van der Waals surface area contributed by atoms with Gasteiger partial charge in [-0.3, -0.25) is 9.59 Å². The number of nitrogens with one attached hydrogen (secondary N) is 1. The van der Waals surface area contributed by atoms with Crippen molar-refractivity contribution in [2.24, 2.45) is 0 Å². The first-order chi connectivity index (χ1) is 11.2. The second-order valence-corrected chi connectivity index (χ2v) is 5.70. The standard InChI is InChI=1S/C19H20N2O2/c1-2-14-8-10-15(11-9-14)19(23)20-16-5-3-6-17(13-16)21-12-4-7-18(21)22/h3,5-6,8-11,13H,2,4,7,12H2,1H3,(H,20,23). The lowest BCUT2D eigenvalue weighted by Gasteiger charge is -2.16. The van der Waals surface area contributed by atoms with Crippen molar-refractivity contribution in [3.63, 3.8) is 0 Å². The summed E-state index contributed by atoms with van der Waals surface area (Å²) in [5, 5.41) is 2.90. The number of aryl methyl sites for hydroxylation is 1. The number of nitrogens with zero attached hydrogens (tertiary/aromatic N) is 1. The zero-order chi connectivity index (χ0) is 16.2. The molecule has 1 fully saturated rings. The van der Waals surface area contributed by atoms with Crippen LogP contribution in [0.1, 0.15) is 35.7 Å². The van der Waals surface area contributed by atoms with Crippen LogP contribution in [0, 0.1) is 0 Å². The number of rotatable bonds is 4. The predicted molar refractivity (Wildman–Crippen MR) is 91.8 cm³/mol. The molecule has 0 unspecified atom stereocenters. The van der Waals surface area contributed by atoms with Gasteiger partial charge in [-0.25, -0.2) is 0 Å². The Balaban J connectivity index is 1.74. The van der Waals surface area contributed by atoms with Gasteiger partial charge in [0, 0.05) is 29.9 Å². The molecule has 1 heterocycles. The van der Waals surface area contributed by atoms with Gasteiger partial charge >= 0.3 is 0 Å². The summed E-state index contributed by atoms with van der Waals surface area (Å²) in [6.45, 7) is 2.83. The highest BCUT2D eigenvalue weighted by atomic mass is 16.2. The Morgan fingerprint density at radius 1 is 1.17 bits per heavy atom. The molecule has 2 amide bonds.